The number of aryl methyl sites for hydroxylation is 1. The van der Waals surface area contributed by atoms with Gasteiger partial charge in [0.25, 0.3) is 0 Å². The van der Waals surface area contributed by atoms with E-state index in [1.165, 1.54) is 12.1 Å². The average molecular weight is 539 g/mol. The first-order chi connectivity index (χ1) is 14.6. The van der Waals surface area contributed by atoms with Gasteiger partial charge in [0.05, 0.1) is 18.2 Å². The summed E-state index contributed by atoms with van der Waals surface area (Å²) in [4.78, 5) is 7.07. The van der Waals surface area contributed by atoms with Gasteiger partial charge in [0.15, 0.2) is 11.8 Å². The number of ether oxygens (including phenoxy) is 1. The smallest absolute Gasteiger partial charge is 0.192 e. The zero-order valence-corrected chi connectivity index (χ0v) is 21.0. The Hall–Kier alpha value is -1.88. The second-order valence-corrected chi connectivity index (χ2v) is 8.29. The minimum absolute atomic E-state index is 0. The molecule has 1 aromatic carbocycles. The first-order valence-corrected chi connectivity index (χ1v) is 10.9. The van der Waals surface area contributed by atoms with Crippen LogP contribution >= 0.6 is 24.0 Å². The van der Waals surface area contributed by atoms with Crippen molar-refractivity contribution in [3.63, 3.8) is 0 Å². The van der Waals surface area contributed by atoms with Crippen LogP contribution in [0.5, 0.6) is 0 Å². The zero-order valence-electron chi connectivity index (χ0n) is 18.6. The van der Waals surface area contributed by atoms with Crippen LogP contribution in [0.3, 0.4) is 0 Å². The molecule has 3 heterocycles. The second-order valence-electron chi connectivity index (χ2n) is 8.29. The first-order valence-electron chi connectivity index (χ1n) is 10.9. The topological polar surface area (TPSA) is 79.6 Å². The normalized spacial score (nSPS) is 22.3. The van der Waals surface area contributed by atoms with E-state index < -0.39 is 0 Å². The Kier molecular flexibility index (Phi) is 8.53. The van der Waals surface area contributed by atoms with E-state index in [4.69, 9.17) is 9.73 Å². The van der Waals surface area contributed by atoms with E-state index in [0.29, 0.717) is 24.8 Å². The number of rotatable bonds is 8. The lowest BCUT2D eigenvalue weighted by atomic mass is 9.96. The number of aromatic nitrogens is 3. The maximum absolute atomic E-state index is 6.00. The Morgan fingerprint density at radius 3 is 2.71 bits per heavy atom. The van der Waals surface area contributed by atoms with Crippen molar-refractivity contribution >= 4 is 35.6 Å². The van der Waals surface area contributed by atoms with Crippen molar-refractivity contribution in [1.29, 1.82) is 0 Å². The monoisotopic (exact) mass is 539 g/mol. The van der Waals surface area contributed by atoms with Crippen molar-refractivity contribution < 1.29 is 4.74 Å². The van der Waals surface area contributed by atoms with Crippen molar-refractivity contribution in [3.05, 3.63) is 42.0 Å². The first kappa shape index (κ1) is 23.8. The standard InChI is InChI=1S/C22H33N7O.HI/c1-16-26-27-21(29(16)3)15-24-22(25-19-14-18-10-11-20(19)30-18)23-12-7-13-28(2)17-8-5-4-6-9-17;/h4-6,8-9,18-20H,7,10-15H2,1-3H3,(H2,23,24,25);1H. The fourth-order valence-electron chi connectivity index (χ4n) is 4.19. The van der Waals surface area contributed by atoms with Gasteiger partial charge in [0.2, 0.25) is 0 Å². The third kappa shape index (κ3) is 6.09. The molecule has 2 fully saturated rings. The number of nitrogens with one attached hydrogen (secondary N) is 2. The van der Waals surface area contributed by atoms with Crippen LogP contribution in [0.15, 0.2) is 35.3 Å². The Balaban J connectivity index is 0.00000272. The van der Waals surface area contributed by atoms with Gasteiger partial charge < -0.3 is 24.8 Å². The molecule has 0 spiro atoms. The van der Waals surface area contributed by atoms with Crippen molar-refractivity contribution in [3.8, 4) is 0 Å². The van der Waals surface area contributed by atoms with Gasteiger partial charge in [0.1, 0.15) is 12.4 Å². The van der Waals surface area contributed by atoms with Crippen LogP contribution in [0.1, 0.15) is 37.3 Å². The molecule has 2 saturated heterocycles. The second kappa shape index (κ2) is 11.1. The molecule has 0 aliphatic carbocycles. The lowest BCUT2D eigenvalue weighted by molar-refractivity contribution is 0.0992. The maximum atomic E-state index is 6.00. The number of anilines is 1. The number of hydrogen-bond donors (Lipinski definition) is 2. The summed E-state index contributed by atoms with van der Waals surface area (Å²) in [6.45, 7) is 4.28. The molecule has 1 aromatic heterocycles. The largest absolute Gasteiger partial charge is 0.375 e. The van der Waals surface area contributed by atoms with E-state index in [0.717, 1.165) is 50.0 Å². The van der Waals surface area contributed by atoms with Gasteiger partial charge in [-0.2, -0.15) is 0 Å². The number of para-hydroxylation sites is 1. The molecule has 31 heavy (non-hydrogen) atoms. The summed E-state index contributed by atoms with van der Waals surface area (Å²) in [6, 6.07) is 10.8. The van der Waals surface area contributed by atoms with Gasteiger partial charge in [0, 0.05) is 32.9 Å². The molecule has 2 bridgehead atoms. The summed E-state index contributed by atoms with van der Waals surface area (Å²) in [7, 11) is 4.11. The molecule has 2 aromatic rings. The Morgan fingerprint density at radius 1 is 1.26 bits per heavy atom. The summed E-state index contributed by atoms with van der Waals surface area (Å²) in [5.41, 5.74) is 1.24. The van der Waals surface area contributed by atoms with Gasteiger partial charge >= 0.3 is 0 Å². The number of fused-ring (bicyclic) bond motifs is 2. The highest BCUT2D eigenvalue weighted by Gasteiger charge is 2.41. The van der Waals surface area contributed by atoms with E-state index in [9.17, 15) is 0 Å². The van der Waals surface area contributed by atoms with Crippen molar-refractivity contribution in [1.82, 2.24) is 25.4 Å². The predicted octanol–water partition coefficient (Wildman–Crippen LogP) is 2.62. The van der Waals surface area contributed by atoms with Crippen LogP contribution in [-0.2, 0) is 18.3 Å². The summed E-state index contributed by atoms with van der Waals surface area (Å²) in [5.74, 6) is 2.59. The van der Waals surface area contributed by atoms with Crippen molar-refractivity contribution in [2.75, 3.05) is 25.0 Å². The Labute approximate surface area is 201 Å². The maximum Gasteiger partial charge on any atom is 0.192 e. The van der Waals surface area contributed by atoms with E-state index in [-0.39, 0.29) is 24.0 Å². The fourth-order valence-corrected chi connectivity index (χ4v) is 4.19. The van der Waals surface area contributed by atoms with Gasteiger partial charge in [-0.25, -0.2) is 4.99 Å². The molecule has 0 saturated carbocycles. The summed E-state index contributed by atoms with van der Waals surface area (Å²) in [6.07, 6.45) is 5.12. The number of nitrogens with zero attached hydrogens (tertiary/aromatic N) is 5. The quantitative estimate of drug-likeness (QED) is 0.233. The molecular weight excluding hydrogens is 505 g/mol. The SMILES string of the molecule is Cc1nnc(CN=C(NCCCN(C)c2ccccc2)NC2CC3CCC2O3)n1C.I. The van der Waals surface area contributed by atoms with Crippen LogP contribution in [0.4, 0.5) is 5.69 Å². The molecule has 8 nitrogen and oxygen atoms in total. The van der Waals surface area contributed by atoms with E-state index >= 15 is 0 Å². The van der Waals surface area contributed by atoms with E-state index in [1.807, 2.05) is 24.6 Å². The van der Waals surface area contributed by atoms with E-state index in [1.54, 1.807) is 0 Å². The number of hydrogen-bond acceptors (Lipinski definition) is 5. The average Bonchev–Trinajstić information content (AvgIpc) is 3.47. The highest BCUT2D eigenvalue weighted by molar-refractivity contribution is 14.0. The van der Waals surface area contributed by atoms with Crippen LogP contribution in [0.2, 0.25) is 0 Å². The minimum Gasteiger partial charge on any atom is -0.375 e. The Morgan fingerprint density at radius 2 is 2.06 bits per heavy atom. The van der Waals surface area contributed by atoms with Crippen molar-refractivity contribution in [2.45, 2.75) is 57.4 Å². The highest BCUT2D eigenvalue weighted by atomic mass is 127. The third-order valence-electron chi connectivity index (χ3n) is 6.15. The number of halogens is 1. The molecule has 2 aliphatic heterocycles. The molecule has 170 valence electrons. The zero-order chi connectivity index (χ0) is 20.9. The number of guanidine groups is 1. The lowest BCUT2D eigenvalue weighted by Crippen LogP contribution is -2.48. The minimum atomic E-state index is 0. The molecule has 9 heteroatoms. The number of aliphatic imine (C=N–C) groups is 1. The fraction of sp³-hybridized carbons (Fsp3) is 0.591. The van der Waals surface area contributed by atoms with E-state index in [2.05, 4.69) is 57.0 Å². The number of benzene rings is 1. The van der Waals surface area contributed by atoms with Crippen LogP contribution in [0, 0.1) is 6.92 Å². The third-order valence-corrected chi connectivity index (χ3v) is 6.15. The van der Waals surface area contributed by atoms with Crippen LogP contribution in [0.25, 0.3) is 0 Å². The lowest BCUT2D eigenvalue weighted by Gasteiger charge is -2.23. The van der Waals surface area contributed by atoms with Gasteiger partial charge in [-0.15, -0.1) is 34.2 Å². The molecule has 4 rings (SSSR count). The Bertz CT molecular complexity index is 857. The molecule has 0 amide bonds. The highest BCUT2D eigenvalue weighted by Crippen LogP contribution is 2.34. The molecule has 0 radical (unpaired) electrons. The molecule has 3 unspecified atom stereocenters. The van der Waals surface area contributed by atoms with Crippen LogP contribution < -0.4 is 15.5 Å². The van der Waals surface area contributed by atoms with Gasteiger partial charge in [-0.05, 0) is 44.7 Å². The van der Waals surface area contributed by atoms with Crippen molar-refractivity contribution in [2.24, 2.45) is 12.0 Å². The summed E-state index contributed by atoms with van der Waals surface area (Å²) >= 11 is 0. The summed E-state index contributed by atoms with van der Waals surface area (Å²) < 4.78 is 7.98. The molecule has 3 atom stereocenters. The molecular formula is C22H34IN7O. The van der Waals surface area contributed by atoms with Crippen LogP contribution in [-0.4, -0.2) is 59.1 Å². The molecule has 2 N–H and O–H groups in total. The molecule has 2 aliphatic rings. The van der Waals surface area contributed by atoms with Gasteiger partial charge in [-0.1, -0.05) is 18.2 Å². The van der Waals surface area contributed by atoms with Gasteiger partial charge in [-0.3, -0.25) is 0 Å². The summed E-state index contributed by atoms with van der Waals surface area (Å²) in [5, 5.41) is 15.5. The predicted molar refractivity (Wildman–Crippen MR) is 134 cm³/mol.